The van der Waals surface area contributed by atoms with E-state index in [1.54, 1.807) is 0 Å². The molecule has 11 aromatic carbocycles. The van der Waals surface area contributed by atoms with E-state index in [1.807, 2.05) is 0 Å². The monoisotopic (exact) mass is 788 g/mol. The summed E-state index contributed by atoms with van der Waals surface area (Å²) < 4.78 is 2.39. The molecule has 0 bridgehead atoms. The summed E-state index contributed by atoms with van der Waals surface area (Å²) in [5.41, 5.74) is 13.9. The highest BCUT2D eigenvalue weighted by Crippen LogP contribution is 2.49. The van der Waals surface area contributed by atoms with Gasteiger partial charge >= 0.3 is 0 Å². The van der Waals surface area contributed by atoms with Gasteiger partial charge in [0.05, 0.1) is 22.4 Å². The van der Waals surface area contributed by atoms with E-state index in [2.05, 4.69) is 252 Å². The van der Waals surface area contributed by atoms with Gasteiger partial charge in [-0.1, -0.05) is 194 Å². The maximum atomic E-state index is 2.50. The van der Waals surface area contributed by atoms with Crippen LogP contribution in [0.1, 0.15) is 0 Å². The molecule has 0 radical (unpaired) electrons. The Kier molecular flexibility index (Phi) is 8.53. The number of aromatic nitrogens is 1. The maximum absolute atomic E-state index is 2.50. The second-order valence-corrected chi connectivity index (χ2v) is 16.0. The lowest BCUT2D eigenvalue weighted by molar-refractivity contribution is 1.18. The molecule has 0 saturated carbocycles. The summed E-state index contributed by atoms with van der Waals surface area (Å²) in [6.45, 7) is 0. The molecule has 0 aliphatic heterocycles. The molecule has 0 N–H and O–H groups in total. The number of hydrogen-bond donors (Lipinski definition) is 0. The van der Waals surface area contributed by atoms with Crippen molar-refractivity contribution in [1.82, 2.24) is 4.57 Å². The van der Waals surface area contributed by atoms with E-state index in [-0.39, 0.29) is 0 Å². The number of hydrogen-bond acceptors (Lipinski definition) is 1. The number of fused-ring (bicyclic) bond motifs is 7. The molecule has 0 atom stereocenters. The highest BCUT2D eigenvalue weighted by molar-refractivity contribution is 6.15. The third kappa shape index (κ3) is 5.80. The smallest absolute Gasteiger partial charge is 0.0542 e. The van der Waals surface area contributed by atoms with Crippen molar-refractivity contribution in [2.24, 2.45) is 0 Å². The standard InChI is InChI=1S/C60H40N2/c1-3-18-41(19-4-1)47-29-15-21-43-22-16-32-54(60(43)47)52-27-10-13-34-57(52)62(45-37-39-59-55(40-45)53-28-11-14-35-58(53)61(59)44-23-5-2-6-24-44)56-33-12-9-26-51(56)49-31-17-30-48-46-25-8-7-20-42(46)36-38-50(48)49/h1-40H. The molecular weight excluding hydrogens is 749 g/mol. The van der Waals surface area contributed by atoms with Gasteiger partial charge < -0.3 is 9.47 Å². The van der Waals surface area contributed by atoms with Gasteiger partial charge in [-0.15, -0.1) is 0 Å². The molecule has 0 aliphatic carbocycles. The van der Waals surface area contributed by atoms with Gasteiger partial charge in [-0.05, 0) is 103 Å². The largest absolute Gasteiger partial charge is 0.309 e. The fourth-order valence-electron chi connectivity index (χ4n) is 9.85. The van der Waals surface area contributed by atoms with Gasteiger partial charge in [0.2, 0.25) is 0 Å². The number of rotatable bonds is 7. The van der Waals surface area contributed by atoms with Gasteiger partial charge in [0.15, 0.2) is 0 Å². The molecule has 1 aromatic heterocycles. The predicted octanol–water partition coefficient (Wildman–Crippen LogP) is 16.7. The second kappa shape index (κ2) is 14.8. The Bertz CT molecular complexity index is 3630. The molecule has 12 aromatic rings. The molecule has 62 heavy (non-hydrogen) atoms. The number of nitrogens with zero attached hydrogens (tertiary/aromatic N) is 2. The summed E-state index contributed by atoms with van der Waals surface area (Å²) in [5, 5.41) is 9.86. The van der Waals surface area contributed by atoms with Crippen molar-refractivity contribution in [2.45, 2.75) is 0 Å². The van der Waals surface area contributed by atoms with Crippen LogP contribution in [0, 0.1) is 0 Å². The van der Waals surface area contributed by atoms with Crippen LogP contribution < -0.4 is 4.90 Å². The van der Waals surface area contributed by atoms with Crippen LogP contribution in [0.2, 0.25) is 0 Å². The maximum Gasteiger partial charge on any atom is 0.0542 e. The van der Waals surface area contributed by atoms with Crippen molar-refractivity contribution in [2.75, 3.05) is 4.90 Å². The summed E-state index contributed by atoms with van der Waals surface area (Å²) in [6, 6.07) is 88.6. The molecule has 2 nitrogen and oxygen atoms in total. The summed E-state index contributed by atoms with van der Waals surface area (Å²) in [6.07, 6.45) is 0. The van der Waals surface area contributed by atoms with Gasteiger partial charge in [0.25, 0.3) is 0 Å². The zero-order valence-corrected chi connectivity index (χ0v) is 34.0. The quantitative estimate of drug-likeness (QED) is 0.146. The average Bonchev–Trinajstić information content (AvgIpc) is 3.68. The summed E-state index contributed by atoms with van der Waals surface area (Å²) in [4.78, 5) is 2.50. The molecule has 0 unspecified atom stereocenters. The van der Waals surface area contributed by atoms with Crippen molar-refractivity contribution >= 4 is 71.2 Å². The van der Waals surface area contributed by atoms with Crippen LogP contribution in [-0.2, 0) is 0 Å². The third-order valence-electron chi connectivity index (χ3n) is 12.6. The Balaban J connectivity index is 1.15. The highest BCUT2D eigenvalue weighted by atomic mass is 15.1. The Morgan fingerprint density at radius 1 is 0.290 bits per heavy atom. The molecular formula is C60H40N2. The van der Waals surface area contributed by atoms with Crippen LogP contribution in [0.15, 0.2) is 243 Å². The Morgan fingerprint density at radius 3 is 1.63 bits per heavy atom. The molecule has 0 aliphatic rings. The zero-order valence-electron chi connectivity index (χ0n) is 34.0. The van der Waals surface area contributed by atoms with E-state index < -0.39 is 0 Å². The van der Waals surface area contributed by atoms with Crippen molar-refractivity contribution < 1.29 is 0 Å². The first kappa shape index (κ1) is 35.7. The molecule has 0 amide bonds. The van der Waals surface area contributed by atoms with E-state index >= 15 is 0 Å². The lowest BCUT2D eigenvalue weighted by Crippen LogP contribution is -2.12. The molecule has 290 valence electrons. The summed E-state index contributed by atoms with van der Waals surface area (Å²) >= 11 is 0. The minimum absolute atomic E-state index is 1.09. The van der Waals surface area contributed by atoms with Gasteiger partial charge in [0.1, 0.15) is 0 Å². The lowest BCUT2D eigenvalue weighted by atomic mass is 9.90. The first-order chi connectivity index (χ1) is 30.8. The SMILES string of the molecule is c1ccc(-c2cccc3cccc(-c4ccccc4N(c4ccc5c(c4)c4ccccc4n5-c4ccccc4)c4ccccc4-c4cccc5c4ccc4ccccc45)c23)cc1. The number of benzene rings is 11. The van der Waals surface area contributed by atoms with Crippen molar-refractivity contribution in [3.05, 3.63) is 243 Å². The normalized spacial score (nSPS) is 11.5. The van der Waals surface area contributed by atoms with E-state index in [1.165, 1.54) is 76.4 Å². The predicted molar refractivity (Wildman–Crippen MR) is 264 cm³/mol. The topological polar surface area (TPSA) is 8.17 Å². The Hall–Kier alpha value is -8.20. The van der Waals surface area contributed by atoms with Crippen LogP contribution in [-0.4, -0.2) is 4.57 Å². The Labute approximate surface area is 360 Å². The molecule has 0 fully saturated rings. The van der Waals surface area contributed by atoms with Crippen molar-refractivity contribution in [1.29, 1.82) is 0 Å². The minimum Gasteiger partial charge on any atom is -0.309 e. The number of anilines is 3. The van der Waals surface area contributed by atoms with Crippen molar-refractivity contribution in [3.63, 3.8) is 0 Å². The number of para-hydroxylation sites is 4. The highest BCUT2D eigenvalue weighted by Gasteiger charge is 2.24. The molecule has 2 heteroatoms. The minimum atomic E-state index is 1.09. The van der Waals surface area contributed by atoms with Crippen LogP contribution in [0.3, 0.4) is 0 Å². The molecule has 1 heterocycles. The van der Waals surface area contributed by atoms with Gasteiger partial charge in [-0.2, -0.15) is 0 Å². The van der Waals surface area contributed by atoms with Crippen LogP contribution in [0.25, 0.3) is 93.2 Å². The van der Waals surface area contributed by atoms with Gasteiger partial charge in [-0.25, -0.2) is 0 Å². The third-order valence-corrected chi connectivity index (χ3v) is 12.6. The second-order valence-electron chi connectivity index (χ2n) is 16.0. The van der Waals surface area contributed by atoms with E-state index in [0.717, 1.165) is 33.9 Å². The molecule has 12 rings (SSSR count). The van der Waals surface area contributed by atoms with Crippen LogP contribution in [0.5, 0.6) is 0 Å². The fourth-order valence-corrected chi connectivity index (χ4v) is 9.85. The first-order valence-corrected chi connectivity index (χ1v) is 21.4. The average molecular weight is 789 g/mol. The Morgan fingerprint density at radius 2 is 0.839 bits per heavy atom. The van der Waals surface area contributed by atoms with Gasteiger partial charge in [0, 0.05) is 33.3 Å². The summed E-state index contributed by atoms with van der Waals surface area (Å²) in [5.74, 6) is 0. The van der Waals surface area contributed by atoms with E-state index in [4.69, 9.17) is 0 Å². The fraction of sp³-hybridized carbons (Fsp3) is 0. The van der Waals surface area contributed by atoms with Crippen LogP contribution in [0.4, 0.5) is 17.1 Å². The van der Waals surface area contributed by atoms with Crippen LogP contribution >= 0.6 is 0 Å². The molecule has 0 spiro atoms. The lowest BCUT2D eigenvalue weighted by Gasteiger charge is -2.30. The van der Waals surface area contributed by atoms with Crippen molar-refractivity contribution in [3.8, 4) is 39.1 Å². The summed E-state index contributed by atoms with van der Waals surface area (Å²) in [7, 11) is 0. The van der Waals surface area contributed by atoms with E-state index in [9.17, 15) is 0 Å². The first-order valence-electron chi connectivity index (χ1n) is 21.4. The molecule has 0 saturated heterocycles. The zero-order chi connectivity index (χ0) is 41.0. The van der Waals surface area contributed by atoms with E-state index in [0.29, 0.717) is 0 Å². The van der Waals surface area contributed by atoms with Gasteiger partial charge in [-0.3, -0.25) is 0 Å².